The fraction of sp³-hybridized carbons (Fsp3) is 0.174. The number of hydrogen-bond acceptors (Lipinski definition) is 6. The Morgan fingerprint density at radius 1 is 0.939 bits per heavy atom. The van der Waals surface area contributed by atoms with Crippen molar-refractivity contribution < 1.29 is 27.4 Å². The molecule has 2 N–H and O–H groups in total. The zero-order valence-corrected chi connectivity index (χ0v) is 19.7. The van der Waals surface area contributed by atoms with Crippen LogP contribution in [-0.4, -0.2) is 34.6 Å². The van der Waals surface area contributed by atoms with Crippen molar-refractivity contribution in [3.05, 3.63) is 71.8 Å². The average molecular weight is 491 g/mol. The lowest BCUT2D eigenvalue weighted by atomic mass is 10.3. The van der Waals surface area contributed by atoms with Gasteiger partial charge in [0.1, 0.15) is 17.2 Å². The molecule has 8 nitrogen and oxygen atoms in total. The van der Waals surface area contributed by atoms with Crippen LogP contribution < -0.4 is 24.2 Å². The quantitative estimate of drug-likeness (QED) is 0.455. The Bertz CT molecular complexity index is 1230. The van der Waals surface area contributed by atoms with Crippen molar-refractivity contribution in [3.8, 4) is 17.2 Å². The highest BCUT2D eigenvalue weighted by molar-refractivity contribution is 7.92. The molecule has 0 aromatic heterocycles. The van der Waals surface area contributed by atoms with E-state index in [0.29, 0.717) is 28.0 Å². The van der Waals surface area contributed by atoms with E-state index in [9.17, 15) is 13.2 Å². The summed E-state index contributed by atoms with van der Waals surface area (Å²) in [5, 5.41) is 3.19. The zero-order chi connectivity index (χ0) is 24.0. The van der Waals surface area contributed by atoms with Crippen LogP contribution in [0.15, 0.2) is 71.6 Å². The van der Waals surface area contributed by atoms with Gasteiger partial charge < -0.3 is 19.5 Å². The van der Waals surface area contributed by atoms with E-state index in [1.807, 2.05) is 0 Å². The summed E-state index contributed by atoms with van der Waals surface area (Å²) in [6, 6.07) is 17.2. The molecule has 0 saturated heterocycles. The number of amides is 1. The van der Waals surface area contributed by atoms with Gasteiger partial charge in [-0.3, -0.25) is 9.52 Å². The summed E-state index contributed by atoms with van der Waals surface area (Å²) in [4.78, 5) is 12.4. The fourth-order valence-electron chi connectivity index (χ4n) is 2.85. The monoisotopic (exact) mass is 490 g/mol. The molecule has 1 atom stereocenters. The standard InChI is InChI=1S/C23H23ClN2O6S/c1-15(32-19-6-4-5-16(24)13-19)23(27)25-17-7-10-20(11-8-17)33(28,29)26-21-12-9-18(30-2)14-22(21)31-3/h4-15,26H,1-3H3,(H,25,27). The van der Waals surface area contributed by atoms with Gasteiger partial charge in [-0.25, -0.2) is 8.42 Å². The molecule has 10 heteroatoms. The number of carbonyl (C=O) groups is 1. The lowest BCUT2D eigenvalue weighted by Gasteiger charge is -2.15. The molecule has 1 unspecified atom stereocenters. The first kappa shape index (κ1) is 24.2. The minimum Gasteiger partial charge on any atom is -0.497 e. The first-order valence-corrected chi connectivity index (χ1v) is 11.7. The Hall–Kier alpha value is -3.43. The van der Waals surface area contributed by atoms with Gasteiger partial charge in [-0.05, 0) is 61.5 Å². The molecule has 33 heavy (non-hydrogen) atoms. The predicted molar refractivity (Wildman–Crippen MR) is 127 cm³/mol. The summed E-state index contributed by atoms with van der Waals surface area (Å²) in [5.74, 6) is 0.914. The molecule has 0 fully saturated rings. The van der Waals surface area contributed by atoms with Crippen molar-refractivity contribution in [2.75, 3.05) is 24.3 Å². The van der Waals surface area contributed by atoms with Crippen LogP contribution in [0.2, 0.25) is 5.02 Å². The molecule has 0 spiro atoms. The number of benzene rings is 3. The van der Waals surface area contributed by atoms with Gasteiger partial charge in [-0.15, -0.1) is 0 Å². The number of hydrogen-bond donors (Lipinski definition) is 2. The smallest absolute Gasteiger partial charge is 0.265 e. The molecule has 0 heterocycles. The highest BCUT2D eigenvalue weighted by atomic mass is 35.5. The van der Waals surface area contributed by atoms with Gasteiger partial charge in [0.25, 0.3) is 15.9 Å². The molecular weight excluding hydrogens is 468 g/mol. The number of ether oxygens (including phenoxy) is 3. The second kappa shape index (κ2) is 10.5. The first-order chi connectivity index (χ1) is 15.7. The van der Waals surface area contributed by atoms with Crippen molar-refractivity contribution in [2.24, 2.45) is 0 Å². The molecule has 1 amide bonds. The number of rotatable bonds is 9. The molecule has 0 aliphatic carbocycles. The van der Waals surface area contributed by atoms with Crippen molar-refractivity contribution in [2.45, 2.75) is 17.9 Å². The average Bonchev–Trinajstić information content (AvgIpc) is 2.79. The lowest BCUT2D eigenvalue weighted by Crippen LogP contribution is -2.30. The van der Waals surface area contributed by atoms with Crippen LogP contribution in [0, 0.1) is 0 Å². The van der Waals surface area contributed by atoms with Crippen LogP contribution in [0.1, 0.15) is 6.92 Å². The van der Waals surface area contributed by atoms with Crippen LogP contribution in [0.5, 0.6) is 17.2 Å². The normalized spacial score (nSPS) is 11.9. The molecule has 0 bridgehead atoms. The summed E-state index contributed by atoms with van der Waals surface area (Å²) in [5.41, 5.74) is 0.685. The van der Waals surface area contributed by atoms with Crippen molar-refractivity contribution in [1.82, 2.24) is 0 Å². The Kier molecular flexibility index (Phi) is 7.67. The molecule has 3 aromatic carbocycles. The number of sulfonamides is 1. The Morgan fingerprint density at radius 3 is 2.30 bits per heavy atom. The van der Waals surface area contributed by atoms with Crippen molar-refractivity contribution in [1.29, 1.82) is 0 Å². The minimum atomic E-state index is -3.89. The van der Waals surface area contributed by atoms with Gasteiger partial charge in [0, 0.05) is 16.8 Å². The zero-order valence-electron chi connectivity index (χ0n) is 18.2. The molecular formula is C23H23ClN2O6S. The van der Waals surface area contributed by atoms with Gasteiger partial charge in [0.2, 0.25) is 0 Å². The summed E-state index contributed by atoms with van der Waals surface area (Å²) < 4.78 is 44.0. The molecule has 0 aliphatic heterocycles. The molecule has 0 radical (unpaired) electrons. The largest absolute Gasteiger partial charge is 0.497 e. The van der Waals surface area contributed by atoms with E-state index in [1.165, 1.54) is 38.5 Å². The molecule has 3 rings (SSSR count). The first-order valence-electron chi connectivity index (χ1n) is 9.80. The topological polar surface area (TPSA) is 103 Å². The Morgan fingerprint density at radius 2 is 1.67 bits per heavy atom. The maximum absolute atomic E-state index is 12.8. The predicted octanol–water partition coefficient (Wildman–Crippen LogP) is 4.56. The van der Waals surface area contributed by atoms with E-state index in [0.717, 1.165) is 0 Å². The Balaban J connectivity index is 1.67. The van der Waals surface area contributed by atoms with Gasteiger partial charge in [0.05, 0.1) is 24.8 Å². The summed E-state index contributed by atoms with van der Waals surface area (Å²) >= 11 is 5.92. The van der Waals surface area contributed by atoms with Gasteiger partial charge >= 0.3 is 0 Å². The Labute approximate surface area is 197 Å². The molecule has 174 valence electrons. The fourth-order valence-corrected chi connectivity index (χ4v) is 4.10. The molecule has 0 saturated carbocycles. The van der Waals surface area contributed by atoms with Gasteiger partial charge in [0.15, 0.2) is 6.10 Å². The highest BCUT2D eigenvalue weighted by Gasteiger charge is 2.19. The van der Waals surface area contributed by atoms with Crippen LogP contribution in [0.3, 0.4) is 0 Å². The van der Waals surface area contributed by atoms with E-state index < -0.39 is 22.0 Å². The minimum absolute atomic E-state index is 0.0154. The van der Waals surface area contributed by atoms with Crippen LogP contribution >= 0.6 is 11.6 Å². The second-order valence-electron chi connectivity index (χ2n) is 6.90. The maximum Gasteiger partial charge on any atom is 0.265 e. The van der Waals surface area contributed by atoms with Crippen LogP contribution in [0.4, 0.5) is 11.4 Å². The van der Waals surface area contributed by atoms with Gasteiger partial charge in [-0.2, -0.15) is 0 Å². The van der Waals surface area contributed by atoms with Crippen LogP contribution in [-0.2, 0) is 14.8 Å². The van der Waals surface area contributed by atoms with Crippen molar-refractivity contribution in [3.63, 3.8) is 0 Å². The number of methoxy groups -OCH3 is 2. The van der Waals surface area contributed by atoms with Gasteiger partial charge in [-0.1, -0.05) is 17.7 Å². The second-order valence-corrected chi connectivity index (χ2v) is 9.02. The third-order valence-electron chi connectivity index (χ3n) is 4.56. The van der Waals surface area contributed by atoms with E-state index in [-0.39, 0.29) is 10.6 Å². The number of nitrogens with one attached hydrogen (secondary N) is 2. The van der Waals surface area contributed by atoms with E-state index in [1.54, 1.807) is 49.4 Å². The lowest BCUT2D eigenvalue weighted by molar-refractivity contribution is -0.122. The summed E-state index contributed by atoms with van der Waals surface area (Å²) in [6.07, 6.45) is -0.795. The number of carbonyl (C=O) groups excluding carboxylic acids is 1. The summed E-state index contributed by atoms with van der Waals surface area (Å²) in [6.45, 7) is 1.60. The highest BCUT2D eigenvalue weighted by Crippen LogP contribution is 2.31. The number of anilines is 2. The SMILES string of the molecule is COc1ccc(NS(=O)(=O)c2ccc(NC(=O)C(C)Oc3cccc(Cl)c3)cc2)c(OC)c1. The van der Waals surface area contributed by atoms with E-state index >= 15 is 0 Å². The molecule has 0 aliphatic rings. The maximum atomic E-state index is 12.8. The van der Waals surface area contributed by atoms with E-state index in [2.05, 4.69) is 10.0 Å². The van der Waals surface area contributed by atoms with Crippen LogP contribution in [0.25, 0.3) is 0 Å². The molecule has 3 aromatic rings. The summed E-state index contributed by atoms with van der Waals surface area (Å²) in [7, 11) is -0.958. The third kappa shape index (κ3) is 6.30. The van der Waals surface area contributed by atoms with Crippen molar-refractivity contribution >= 4 is 38.9 Å². The third-order valence-corrected chi connectivity index (χ3v) is 6.18. The number of halogens is 1. The van der Waals surface area contributed by atoms with E-state index in [4.69, 9.17) is 25.8 Å².